The first-order valence-electron chi connectivity index (χ1n) is 5.77. The third-order valence-electron chi connectivity index (χ3n) is 3.90. The fourth-order valence-corrected chi connectivity index (χ4v) is 4.20. The Balaban J connectivity index is 1.54. The summed E-state index contributed by atoms with van der Waals surface area (Å²) in [6.45, 7) is 1.01. The van der Waals surface area contributed by atoms with Crippen molar-refractivity contribution < 1.29 is 0 Å². The minimum atomic E-state index is 0.782. The molecule has 3 atom stereocenters. The standard InChI is InChI=1S/C12H16ClNS/c13-10-5-11(15-7-10)6-14-12-4-8-1-2-9(12)3-8/h5,7-9,12,14H,1-4,6H2. The first-order valence-corrected chi connectivity index (χ1v) is 7.03. The molecule has 2 saturated carbocycles. The van der Waals surface area contributed by atoms with E-state index in [2.05, 4.69) is 11.4 Å². The number of nitrogens with one attached hydrogen (secondary N) is 1. The van der Waals surface area contributed by atoms with E-state index < -0.39 is 0 Å². The normalized spacial score (nSPS) is 33.8. The Morgan fingerprint density at radius 1 is 1.40 bits per heavy atom. The second kappa shape index (κ2) is 4.08. The maximum Gasteiger partial charge on any atom is 0.0516 e. The summed E-state index contributed by atoms with van der Waals surface area (Å²) in [5.74, 6) is 1.99. The van der Waals surface area contributed by atoms with Crippen molar-refractivity contribution in [2.75, 3.05) is 0 Å². The summed E-state index contributed by atoms with van der Waals surface area (Å²) in [6, 6.07) is 2.86. The van der Waals surface area contributed by atoms with Crippen LogP contribution in [0.2, 0.25) is 5.02 Å². The molecule has 0 radical (unpaired) electrons. The number of fused-ring (bicyclic) bond motifs is 2. The number of halogens is 1. The Kier molecular flexibility index (Phi) is 2.75. The molecule has 1 heterocycles. The largest absolute Gasteiger partial charge is 0.309 e. The average Bonchev–Trinajstić information content (AvgIpc) is 2.90. The molecule has 2 aliphatic carbocycles. The Morgan fingerprint density at radius 2 is 2.33 bits per heavy atom. The third-order valence-corrected chi connectivity index (χ3v) is 5.18. The molecule has 3 unspecified atom stereocenters. The molecule has 82 valence electrons. The summed E-state index contributed by atoms with van der Waals surface area (Å²) >= 11 is 7.66. The predicted octanol–water partition coefficient (Wildman–Crippen LogP) is 3.68. The maximum absolute atomic E-state index is 5.90. The van der Waals surface area contributed by atoms with Crippen LogP contribution in [0.1, 0.15) is 30.6 Å². The Bertz CT molecular complexity index is 349. The molecule has 0 amide bonds. The van der Waals surface area contributed by atoms with E-state index in [0.717, 1.165) is 29.4 Å². The maximum atomic E-state index is 5.90. The molecule has 1 aromatic heterocycles. The number of hydrogen-bond donors (Lipinski definition) is 1. The van der Waals surface area contributed by atoms with E-state index in [9.17, 15) is 0 Å². The van der Waals surface area contributed by atoms with E-state index in [4.69, 9.17) is 11.6 Å². The van der Waals surface area contributed by atoms with Crippen LogP contribution in [0.25, 0.3) is 0 Å². The number of hydrogen-bond acceptors (Lipinski definition) is 2. The highest BCUT2D eigenvalue weighted by Gasteiger charge is 2.38. The van der Waals surface area contributed by atoms with Crippen LogP contribution in [0.15, 0.2) is 11.4 Å². The van der Waals surface area contributed by atoms with Gasteiger partial charge in [0.05, 0.1) is 5.02 Å². The van der Waals surface area contributed by atoms with Gasteiger partial charge in [-0.15, -0.1) is 11.3 Å². The van der Waals surface area contributed by atoms with Crippen molar-refractivity contribution in [2.45, 2.75) is 38.3 Å². The van der Waals surface area contributed by atoms with Crippen LogP contribution in [-0.2, 0) is 6.54 Å². The van der Waals surface area contributed by atoms with Crippen molar-refractivity contribution in [1.29, 1.82) is 0 Å². The fraction of sp³-hybridized carbons (Fsp3) is 0.667. The molecule has 0 aromatic carbocycles. The lowest BCUT2D eigenvalue weighted by atomic mass is 9.95. The minimum absolute atomic E-state index is 0.782. The van der Waals surface area contributed by atoms with Gasteiger partial charge >= 0.3 is 0 Å². The minimum Gasteiger partial charge on any atom is -0.309 e. The first kappa shape index (κ1) is 10.1. The predicted molar refractivity (Wildman–Crippen MR) is 65.4 cm³/mol. The average molecular weight is 242 g/mol. The van der Waals surface area contributed by atoms with Gasteiger partial charge in [0.25, 0.3) is 0 Å². The van der Waals surface area contributed by atoms with Gasteiger partial charge in [-0.25, -0.2) is 0 Å². The second-order valence-electron chi connectivity index (χ2n) is 4.89. The highest BCUT2D eigenvalue weighted by atomic mass is 35.5. The highest BCUT2D eigenvalue weighted by Crippen LogP contribution is 2.44. The lowest BCUT2D eigenvalue weighted by molar-refractivity contribution is 0.351. The van der Waals surface area contributed by atoms with Gasteiger partial charge in [0.1, 0.15) is 0 Å². The van der Waals surface area contributed by atoms with Gasteiger partial charge in [0.2, 0.25) is 0 Å². The van der Waals surface area contributed by atoms with Crippen molar-refractivity contribution >= 4 is 22.9 Å². The van der Waals surface area contributed by atoms with E-state index in [-0.39, 0.29) is 0 Å². The second-order valence-corrected chi connectivity index (χ2v) is 6.33. The highest BCUT2D eigenvalue weighted by molar-refractivity contribution is 7.10. The molecule has 0 aliphatic heterocycles. The number of rotatable bonds is 3. The molecule has 15 heavy (non-hydrogen) atoms. The Morgan fingerprint density at radius 3 is 2.93 bits per heavy atom. The SMILES string of the molecule is Clc1csc(CNC2CC3CCC2C3)c1. The summed E-state index contributed by atoms with van der Waals surface area (Å²) in [5, 5.41) is 6.59. The van der Waals surface area contributed by atoms with Gasteiger partial charge in [-0.2, -0.15) is 0 Å². The van der Waals surface area contributed by atoms with Crippen LogP contribution in [0.3, 0.4) is 0 Å². The van der Waals surface area contributed by atoms with Crippen LogP contribution in [0, 0.1) is 11.8 Å². The molecule has 3 rings (SSSR count). The fourth-order valence-electron chi connectivity index (χ4n) is 3.17. The molecule has 1 nitrogen and oxygen atoms in total. The van der Waals surface area contributed by atoms with E-state index in [1.165, 1.54) is 30.6 Å². The molecule has 1 N–H and O–H groups in total. The van der Waals surface area contributed by atoms with E-state index in [0.29, 0.717) is 0 Å². The summed E-state index contributed by atoms with van der Waals surface area (Å²) in [6.07, 6.45) is 5.81. The van der Waals surface area contributed by atoms with E-state index >= 15 is 0 Å². The summed E-state index contributed by atoms with van der Waals surface area (Å²) in [7, 11) is 0. The van der Waals surface area contributed by atoms with Gasteiger partial charge in [-0.05, 0) is 37.2 Å². The van der Waals surface area contributed by atoms with Crippen LogP contribution >= 0.6 is 22.9 Å². The summed E-state index contributed by atoms with van der Waals surface area (Å²) in [5.41, 5.74) is 0. The van der Waals surface area contributed by atoms with E-state index in [1.54, 1.807) is 11.3 Å². The smallest absolute Gasteiger partial charge is 0.0516 e. The van der Waals surface area contributed by atoms with Crippen molar-refractivity contribution in [1.82, 2.24) is 5.32 Å². The molecule has 3 heteroatoms. The molecule has 0 spiro atoms. The molecule has 1 aromatic rings. The quantitative estimate of drug-likeness (QED) is 0.851. The van der Waals surface area contributed by atoms with Crippen molar-refractivity contribution in [3.05, 3.63) is 21.3 Å². The van der Waals surface area contributed by atoms with Gasteiger partial charge < -0.3 is 5.32 Å². The number of thiophene rings is 1. The summed E-state index contributed by atoms with van der Waals surface area (Å²) < 4.78 is 0. The van der Waals surface area contributed by atoms with Crippen LogP contribution < -0.4 is 5.32 Å². The van der Waals surface area contributed by atoms with Gasteiger partial charge in [0, 0.05) is 22.8 Å². The Hall–Kier alpha value is -0.0500. The zero-order chi connectivity index (χ0) is 10.3. The van der Waals surface area contributed by atoms with Gasteiger partial charge in [-0.1, -0.05) is 18.0 Å². The lowest BCUT2D eigenvalue weighted by Gasteiger charge is -2.22. The van der Waals surface area contributed by atoms with Crippen molar-refractivity contribution in [3.8, 4) is 0 Å². The van der Waals surface area contributed by atoms with Crippen LogP contribution in [-0.4, -0.2) is 6.04 Å². The lowest BCUT2D eigenvalue weighted by Crippen LogP contribution is -2.33. The zero-order valence-corrected chi connectivity index (χ0v) is 10.3. The van der Waals surface area contributed by atoms with E-state index in [1.807, 2.05) is 5.38 Å². The van der Waals surface area contributed by atoms with Crippen LogP contribution in [0.4, 0.5) is 0 Å². The van der Waals surface area contributed by atoms with Crippen LogP contribution in [0.5, 0.6) is 0 Å². The molecule has 2 bridgehead atoms. The molecular formula is C12H16ClNS. The first-order chi connectivity index (χ1) is 7.31. The van der Waals surface area contributed by atoms with Crippen molar-refractivity contribution in [2.24, 2.45) is 11.8 Å². The molecule has 2 fully saturated rings. The Labute approximate surface area is 99.8 Å². The molecule has 0 saturated heterocycles. The molecule has 2 aliphatic rings. The zero-order valence-electron chi connectivity index (χ0n) is 8.71. The topological polar surface area (TPSA) is 12.0 Å². The third kappa shape index (κ3) is 2.08. The summed E-state index contributed by atoms with van der Waals surface area (Å²) in [4.78, 5) is 1.36. The monoisotopic (exact) mass is 241 g/mol. The van der Waals surface area contributed by atoms with Crippen molar-refractivity contribution in [3.63, 3.8) is 0 Å². The van der Waals surface area contributed by atoms with Gasteiger partial charge in [0.15, 0.2) is 0 Å². The van der Waals surface area contributed by atoms with Gasteiger partial charge in [-0.3, -0.25) is 0 Å². The molecular weight excluding hydrogens is 226 g/mol.